The second-order valence-electron chi connectivity index (χ2n) is 2.68. The lowest BCUT2D eigenvalue weighted by Gasteiger charge is -1.98. The van der Waals surface area contributed by atoms with Gasteiger partial charge in [-0.2, -0.15) is 18.5 Å². The molecule has 17 heavy (non-hydrogen) atoms. The fourth-order valence-corrected chi connectivity index (χ4v) is 0.859. The molecule has 0 aromatic carbocycles. The van der Waals surface area contributed by atoms with Crippen molar-refractivity contribution in [2.45, 2.75) is 0 Å². The van der Waals surface area contributed by atoms with Crippen LogP contribution < -0.4 is 5.73 Å². The lowest BCUT2D eigenvalue weighted by molar-refractivity contribution is 0.381. The predicted molar refractivity (Wildman–Crippen MR) is 57.7 cm³/mol. The Hall–Kier alpha value is -2.04. The molecule has 92 valence electrons. The van der Waals surface area contributed by atoms with E-state index in [-0.39, 0.29) is 0 Å². The second kappa shape index (κ2) is 5.34. The van der Waals surface area contributed by atoms with Crippen molar-refractivity contribution in [3.63, 3.8) is 0 Å². The first-order chi connectivity index (χ1) is 7.86. The van der Waals surface area contributed by atoms with E-state index in [9.17, 15) is 0 Å². The fourth-order valence-electron chi connectivity index (χ4n) is 0.859. The first kappa shape index (κ1) is 13.0. The minimum absolute atomic E-state index is 0.440. The van der Waals surface area contributed by atoms with Crippen LogP contribution in [0.5, 0.6) is 0 Å². The Bertz CT molecular complexity index is 560. The molecule has 10 heteroatoms. The molecule has 0 aliphatic carbocycles. The van der Waals surface area contributed by atoms with Gasteiger partial charge < -0.3 is 5.73 Å². The summed E-state index contributed by atoms with van der Waals surface area (Å²) in [5.41, 5.74) is 5.47. The zero-order chi connectivity index (χ0) is 12.9. The van der Waals surface area contributed by atoms with E-state index >= 15 is 0 Å². The van der Waals surface area contributed by atoms with Crippen LogP contribution in [-0.4, -0.2) is 37.3 Å². The summed E-state index contributed by atoms with van der Waals surface area (Å²) in [7, 11) is -4.67. The van der Waals surface area contributed by atoms with E-state index in [0.29, 0.717) is 11.8 Å². The highest BCUT2D eigenvalue weighted by Crippen LogP contribution is 2.00. The number of nitrogens with two attached hydrogens (primary N) is 1. The zero-order valence-corrected chi connectivity index (χ0v) is 9.19. The predicted octanol–water partition coefficient (Wildman–Crippen LogP) is -0.408. The van der Waals surface area contributed by atoms with Crippen molar-refractivity contribution in [1.82, 2.24) is 19.7 Å². The molecule has 0 amide bonds. The number of hydrogen-bond acceptors (Lipinski definition) is 6. The number of hydrogen-bond donors (Lipinski definition) is 3. The van der Waals surface area contributed by atoms with Crippen molar-refractivity contribution in [2.75, 3.05) is 5.73 Å². The molecule has 2 rings (SSSR count). The normalized spacial score (nSPS) is 10.5. The van der Waals surface area contributed by atoms with Gasteiger partial charge in [-0.15, -0.1) is 0 Å². The topological polar surface area (TPSA) is 144 Å². The monoisotopic (exact) mass is 259 g/mol. The highest BCUT2D eigenvalue weighted by molar-refractivity contribution is 7.79. The molecule has 4 N–H and O–H groups in total. The first-order valence-electron chi connectivity index (χ1n) is 4.14. The Labute approximate surface area is 96.5 Å². The summed E-state index contributed by atoms with van der Waals surface area (Å²) in [4.78, 5) is 7.97. The van der Waals surface area contributed by atoms with Gasteiger partial charge in [-0.25, -0.2) is 9.67 Å². The van der Waals surface area contributed by atoms with E-state index in [1.54, 1.807) is 35.4 Å². The Morgan fingerprint density at radius 3 is 2.41 bits per heavy atom. The highest BCUT2D eigenvalue weighted by Gasteiger charge is 1.97. The smallest absolute Gasteiger partial charge is 0.384 e. The molecule has 0 aliphatic heterocycles. The maximum atomic E-state index is 8.74. The van der Waals surface area contributed by atoms with Gasteiger partial charge in [-0.05, 0) is 12.1 Å². The summed E-state index contributed by atoms with van der Waals surface area (Å²) < 4.78 is 33.1. The minimum atomic E-state index is -4.67. The van der Waals surface area contributed by atoms with Crippen LogP contribution in [0.2, 0.25) is 0 Å². The molecule has 9 nitrogen and oxygen atoms in total. The fraction of sp³-hybridized carbons (Fsp3) is 0. The highest BCUT2D eigenvalue weighted by atomic mass is 32.3. The Kier molecular flexibility index (Phi) is 4.09. The summed E-state index contributed by atoms with van der Waals surface area (Å²) in [5.74, 6) is 0.926. The second-order valence-corrected chi connectivity index (χ2v) is 3.58. The standard InChI is InChI=1S/C7H7N5.H2O4S/c8-6-2-4-9-7(11-6)12-5-1-3-10-12;1-5(2,3)4/h1-5H,(H2,8,9,11);(H2,1,2,3,4). The lowest BCUT2D eigenvalue weighted by Crippen LogP contribution is -2.02. The van der Waals surface area contributed by atoms with Gasteiger partial charge in [-0.1, -0.05) is 0 Å². The van der Waals surface area contributed by atoms with Crippen LogP contribution in [0.3, 0.4) is 0 Å². The summed E-state index contributed by atoms with van der Waals surface area (Å²) in [6.45, 7) is 0. The molecule has 2 aromatic heterocycles. The molecule has 2 heterocycles. The van der Waals surface area contributed by atoms with Crippen LogP contribution >= 0.6 is 0 Å². The van der Waals surface area contributed by atoms with Crippen molar-refractivity contribution in [2.24, 2.45) is 0 Å². The van der Waals surface area contributed by atoms with Crippen molar-refractivity contribution >= 4 is 16.2 Å². The molecule has 2 aromatic rings. The maximum Gasteiger partial charge on any atom is 0.394 e. The summed E-state index contributed by atoms with van der Waals surface area (Å²) in [6.07, 6.45) is 5.01. The van der Waals surface area contributed by atoms with Gasteiger partial charge in [0.1, 0.15) is 5.82 Å². The minimum Gasteiger partial charge on any atom is -0.384 e. The van der Waals surface area contributed by atoms with Gasteiger partial charge in [0.25, 0.3) is 5.95 Å². The molecule has 0 unspecified atom stereocenters. The third-order valence-corrected chi connectivity index (χ3v) is 1.37. The molecule has 0 spiro atoms. The van der Waals surface area contributed by atoms with Crippen LogP contribution in [0.15, 0.2) is 30.7 Å². The van der Waals surface area contributed by atoms with Gasteiger partial charge >= 0.3 is 10.4 Å². The molecule has 0 fully saturated rings. The van der Waals surface area contributed by atoms with Crippen molar-refractivity contribution < 1.29 is 17.5 Å². The number of nitrogens with zero attached hydrogens (tertiary/aromatic N) is 4. The zero-order valence-electron chi connectivity index (χ0n) is 8.37. The van der Waals surface area contributed by atoms with Gasteiger partial charge in [0.05, 0.1) is 0 Å². The van der Waals surface area contributed by atoms with E-state index < -0.39 is 10.4 Å². The molecule has 0 bridgehead atoms. The first-order valence-corrected chi connectivity index (χ1v) is 5.54. The van der Waals surface area contributed by atoms with Crippen LogP contribution in [0.4, 0.5) is 5.82 Å². The van der Waals surface area contributed by atoms with E-state index in [1.165, 1.54) is 0 Å². The van der Waals surface area contributed by atoms with E-state index in [1.807, 2.05) is 0 Å². The Balaban J connectivity index is 0.000000249. The number of anilines is 1. The molecule has 0 radical (unpaired) electrons. The molecular formula is C7H9N5O4S. The average Bonchev–Trinajstić information content (AvgIpc) is 2.67. The van der Waals surface area contributed by atoms with Crippen LogP contribution in [0, 0.1) is 0 Å². The summed E-state index contributed by atoms with van der Waals surface area (Å²) >= 11 is 0. The number of rotatable bonds is 1. The largest absolute Gasteiger partial charge is 0.394 e. The van der Waals surface area contributed by atoms with Gasteiger partial charge in [0, 0.05) is 18.6 Å². The van der Waals surface area contributed by atoms with E-state index in [0.717, 1.165) is 0 Å². The number of nitrogen functional groups attached to an aromatic ring is 1. The molecular weight excluding hydrogens is 250 g/mol. The number of aromatic nitrogens is 4. The van der Waals surface area contributed by atoms with Crippen LogP contribution in [-0.2, 0) is 10.4 Å². The molecule has 0 atom stereocenters. The summed E-state index contributed by atoms with van der Waals surface area (Å²) in [6, 6.07) is 3.43. The van der Waals surface area contributed by atoms with E-state index in [4.69, 9.17) is 23.3 Å². The van der Waals surface area contributed by atoms with Crippen LogP contribution in [0.25, 0.3) is 5.95 Å². The van der Waals surface area contributed by atoms with Gasteiger partial charge in [0.15, 0.2) is 0 Å². The third kappa shape index (κ3) is 5.55. The molecule has 0 saturated carbocycles. The van der Waals surface area contributed by atoms with Crippen LogP contribution in [0.1, 0.15) is 0 Å². The average molecular weight is 259 g/mol. The SMILES string of the molecule is Nc1ccnc(-n2cccn2)n1.O=S(=O)(O)O. The Morgan fingerprint density at radius 2 is 1.94 bits per heavy atom. The third-order valence-electron chi connectivity index (χ3n) is 1.37. The molecule has 0 saturated heterocycles. The quantitative estimate of drug-likeness (QED) is 0.586. The van der Waals surface area contributed by atoms with Gasteiger partial charge in [0.2, 0.25) is 0 Å². The van der Waals surface area contributed by atoms with Crippen molar-refractivity contribution in [1.29, 1.82) is 0 Å². The van der Waals surface area contributed by atoms with Gasteiger partial charge in [-0.3, -0.25) is 9.11 Å². The van der Waals surface area contributed by atoms with E-state index in [2.05, 4.69) is 15.1 Å². The van der Waals surface area contributed by atoms with Crippen molar-refractivity contribution in [3.05, 3.63) is 30.7 Å². The van der Waals surface area contributed by atoms with Crippen molar-refractivity contribution in [3.8, 4) is 5.95 Å². The Morgan fingerprint density at radius 1 is 1.29 bits per heavy atom. The summed E-state index contributed by atoms with van der Waals surface area (Å²) in [5, 5.41) is 3.96. The molecule has 0 aliphatic rings. The lowest BCUT2D eigenvalue weighted by atomic mass is 10.6. The maximum absolute atomic E-state index is 8.74.